The zero-order chi connectivity index (χ0) is 31.6. The van der Waals surface area contributed by atoms with Crippen molar-refractivity contribution in [3.05, 3.63) is 48.0 Å². The highest BCUT2D eigenvalue weighted by atomic mass is 32.2. The third kappa shape index (κ3) is 6.05. The molecule has 2 N–H and O–H groups in total. The standard InChI is InChI=1S/C27H30F4N6O5S/c1-5-25(15-43(40,34-14-27(29,30)31)26(6-2,7-3)23(36-25)35-24(38)39)17-10-16(8-9-18(17)28)21-11-19(37-42-21)20-12-33-22(41-4)13-32-20/h8-13H,5-7,14-15H2,1-4H3,(H,35,36)(H,38,39)/t25-,43+/m0/s1. The highest BCUT2D eigenvalue weighted by Gasteiger charge is 2.54. The van der Waals surface area contributed by atoms with Gasteiger partial charge in [-0.25, -0.2) is 27.7 Å². The molecule has 1 amide bonds. The Morgan fingerprint density at radius 3 is 2.42 bits per heavy atom. The summed E-state index contributed by atoms with van der Waals surface area (Å²) >= 11 is 0. The molecule has 43 heavy (non-hydrogen) atoms. The van der Waals surface area contributed by atoms with Crippen LogP contribution in [0.25, 0.3) is 22.7 Å². The van der Waals surface area contributed by atoms with Crippen molar-refractivity contribution >= 4 is 21.7 Å². The van der Waals surface area contributed by atoms with Crippen LogP contribution >= 0.6 is 0 Å². The number of halogens is 4. The second-order valence-electron chi connectivity index (χ2n) is 9.88. The normalized spacial score (nSPS) is 21.6. The predicted molar refractivity (Wildman–Crippen MR) is 150 cm³/mol. The van der Waals surface area contributed by atoms with Gasteiger partial charge in [0.2, 0.25) is 5.88 Å². The van der Waals surface area contributed by atoms with E-state index in [9.17, 15) is 27.3 Å². The molecule has 1 aromatic carbocycles. The molecule has 2 atom stereocenters. The van der Waals surface area contributed by atoms with Crippen LogP contribution in [0, 0.1) is 5.82 Å². The molecule has 3 aromatic rings. The number of hydrogen-bond acceptors (Lipinski definition) is 9. The molecule has 0 fully saturated rings. The second kappa shape index (κ2) is 11.9. The third-order valence-corrected chi connectivity index (χ3v) is 11.0. The quantitative estimate of drug-likeness (QED) is 0.297. The number of ether oxygens (including phenoxy) is 1. The second-order valence-corrected chi connectivity index (χ2v) is 12.5. The van der Waals surface area contributed by atoms with Gasteiger partial charge in [-0.1, -0.05) is 25.9 Å². The number of amides is 1. The number of rotatable bonds is 8. The maximum absolute atomic E-state index is 15.6. The minimum Gasteiger partial charge on any atom is -0.480 e. The zero-order valence-corrected chi connectivity index (χ0v) is 24.6. The number of benzene rings is 1. The zero-order valence-electron chi connectivity index (χ0n) is 23.7. The molecule has 1 aliphatic heterocycles. The van der Waals surface area contributed by atoms with Gasteiger partial charge >= 0.3 is 12.3 Å². The number of alkyl halides is 3. The highest BCUT2D eigenvalue weighted by molar-refractivity contribution is 7.95. The summed E-state index contributed by atoms with van der Waals surface area (Å²) in [5.41, 5.74) is -0.841. The van der Waals surface area contributed by atoms with E-state index in [0.29, 0.717) is 22.8 Å². The van der Waals surface area contributed by atoms with Gasteiger partial charge < -0.3 is 14.4 Å². The summed E-state index contributed by atoms with van der Waals surface area (Å²) in [5, 5.41) is 15.7. The fourth-order valence-corrected chi connectivity index (χ4v) is 8.56. The monoisotopic (exact) mass is 626 g/mol. The van der Waals surface area contributed by atoms with Crippen LogP contribution in [0.4, 0.5) is 22.4 Å². The molecule has 0 aliphatic carbocycles. The number of carboxylic acid groups (broad SMARTS) is 1. The van der Waals surface area contributed by atoms with Gasteiger partial charge in [0.1, 0.15) is 39.9 Å². The number of nitrogens with one attached hydrogen (secondary N) is 1. The van der Waals surface area contributed by atoms with E-state index < -0.39 is 50.4 Å². The lowest BCUT2D eigenvalue weighted by atomic mass is 9.86. The molecule has 0 bridgehead atoms. The Morgan fingerprint density at radius 2 is 1.86 bits per heavy atom. The van der Waals surface area contributed by atoms with E-state index in [0.717, 1.165) is 6.07 Å². The summed E-state index contributed by atoms with van der Waals surface area (Å²) in [4.78, 5) is 24.7. The number of methoxy groups -OCH3 is 1. The lowest BCUT2D eigenvalue weighted by Crippen LogP contribution is -2.60. The molecule has 0 unspecified atom stereocenters. The minimum absolute atomic E-state index is 0.0276. The van der Waals surface area contributed by atoms with Crippen LogP contribution in [0.5, 0.6) is 5.88 Å². The van der Waals surface area contributed by atoms with Crippen molar-refractivity contribution in [2.24, 2.45) is 9.36 Å². The summed E-state index contributed by atoms with van der Waals surface area (Å²) in [6, 6.07) is 5.43. The van der Waals surface area contributed by atoms with E-state index in [1.165, 1.54) is 37.7 Å². The summed E-state index contributed by atoms with van der Waals surface area (Å²) < 4.78 is 82.8. The Morgan fingerprint density at radius 1 is 1.14 bits per heavy atom. The molecular formula is C27H30F4N6O5S. The fraction of sp³-hybridized carbons (Fsp3) is 0.444. The van der Waals surface area contributed by atoms with Crippen LogP contribution in [-0.2, 0) is 15.3 Å². The van der Waals surface area contributed by atoms with Gasteiger partial charge in [-0.3, -0.25) is 10.3 Å². The molecule has 0 saturated heterocycles. The van der Waals surface area contributed by atoms with Crippen molar-refractivity contribution < 1.29 is 40.9 Å². The number of hydrogen-bond donors (Lipinski definition) is 2. The molecule has 4 rings (SSSR count). The van der Waals surface area contributed by atoms with E-state index in [2.05, 4.69) is 29.8 Å². The van der Waals surface area contributed by atoms with E-state index in [4.69, 9.17) is 9.26 Å². The van der Waals surface area contributed by atoms with E-state index in [1.54, 1.807) is 20.8 Å². The summed E-state index contributed by atoms with van der Waals surface area (Å²) in [5.74, 6) is -1.19. The van der Waals surface area contributed by atoms with E-state index in [1.807, 2.05) is 0 Å². The molecule has 1 aliphatic rings. The number of amidine groups is 1. The first-order valence-corrected chi connectivity index (χ1v) is 14.9. The molecule has 0 spiro atoms. The highest BCUT2D eigenvalue weighted by Crippen LogP contribution is 2.45. The minimum atomic E-state index is -4.77. The van der Waals surface area contributed by atoms with Crippen molar-refractivity contribution in [3.8, 4) is 28.6 Å². The van der Waals surface area contributed by atoms with Crippen LogP contribution in [-0.4, -0.2) is 66.7 Å². The first kappa shape index (κ1) is 31.8. The Bertz CT molecular complexity index is 1650. The van der Waals surface area contributed by atoms with Crippen molar-refractivity contribution in [1.29, 1.82) is 0 Å². The molecular weight excluding hydrogens is 596 g/mol. The molecule has 11 nitrogen and oxygen atoms in total. The molecule has 2 aromatic heterocycles. The topological polar surface area (TPSA) is 152 Å². The fourth-order valence-electron chi connectivity index (χ4n) is 5.22. The molecule has 0 radical (unpaired) electrons. The molecule has 3 heterocycles. The largest absolute Gasteiger partial charge is 0.480 e. The maximum atomic E-state index is 15.6. The lowest BCUT2D eigenvalue weighted by molar-refractivity contribution is -0.117. The first-order valence-electron chi connectivity index (χ1n) is 13.3. The van der Waals surface area contributed by atoms with Gasteiger partial charge in [0.05, 0.1) is 35.0 Å². The maximum Gasteiger partial charge on any atom is 0.410 e. The Balaban J connectivity index is 1.90. The first-order chi connectivity index (χ1) is 20.2. The molecule has 232 valence electrons. The van der Waals surface area contributed by atoms with Crippen molar-refractivity contribution in [2.75, 3.05) is 19.4 Å². The number of aromatic nitrogens is 3. The Hall–Kier alpha value is -4.08. The average Bonchev–Trinajstić information content (AvgIpc) is 3.46. The van der Waals surface area contributed by atoms with Crippen LogP contribution in [0.3, 0.4) is 0 Å². The third-order valence-electron chi connectivity index (χ3n) is 7.57. The van der Waals surface area contributed by atoms with Crippen molar-refractivity contribution in [1.82, 2.24) is 20.4 Å². The average molecular weight is 627 g/mol. The summed E-state index contributed by atoms with van der Waals surface area (Å²) in [7, 11) is -2.46. The Labute approximate surface area is 245 Å². The summed E-state index contributed by atoms with van der Waals surface area (Å²) in [6.07, 6.45) is -3.61. The van der Waals surface area contributed by atoms with Gasteiger partial charge in [0, 0.05) is 17.2 Å². The van der Waals surface area contributed by atoms with E-state index in [-0.39, 0.29) is 36.4 Å². The van der Waals surface area contributed by atoms with Crippen LogP contribution in [0.1, 0.15) is 45.6 Å². The SMILES string of the molecule is CCC1(CC)C(NC(=O)O)=N[C@](CC)(c2cc(-c3cc(-c4cnc(OC)cn4)no3)ccc2F)C[S@]1(=O)=NCC(F)(F)F. The van der Waals surface area contributed by atoms with E-state index >= 15 is 4.39 Å². The lowest BCUT2D eigenvalue weighted by Gasteiger charge is -2.45. The Kier molecular flexibility index (Phi) is 8.81. The van der Waals surface area contributed by atoms with Gasteiger partial charge in [0.25, 0.3) is 0 Å². The van der Waals surface area contributed by atoms with Gasteiger partial charge in [0.15, 0.2) is 5.76 Å². The van der Waals surface area contributed by atoms with Crippen LogP contribution < -0.4 is 10.1 Å². The number of aliphatic imine (C=N–C) groups is 1. The predicted octanol–water partition coefficient (Wildman–Crippen LogP) is 5.82. The molecule has 16 heteroatoms. The van der Waals surface area contributed by atoms with Crippen LogP contribution in [0.2, 0.25) is 0 Å². The van der Waals surface area contributed by atoms with Crippen LogP contribution in [0.15, 0.2) is 50.5 Å². The van der Waals surface area contributed by atoms with Gasteiger partial charge in [-0.05, 0) is 37.5 Å². The van der Waals surface area contributed by atoms with Gasteiger partial charge in [-0.2, -0.15) is 13.2 Å². The van der Waals surface area contributed by atoms with Crippen molar-refractivity contribution in [2.45, 2.75) is 56.5 Å². The molecule has 0 saturated carbocycles. The van der Waals surface area contributed by atoms with Gasteiger partial charge in [-0.15, -0.1) is 0 Å². The smallest absolute Gasteiger partial charge is 0.410 e. The number of nitrogens with zero attached hydrogens (tertiary/aromatic N) is 5. The summed E-state index contributed by atoms with van der Waals surface area (Å²) in [6.45, 7) is 3.02. The number of carbonyl (C=O) groups is 1. The van der Waals surface area contributed by atoms with Crippen molar-refractivity contribution in [3.63, 3.8) is 0 Å².